The highest BCUT2D eigenvalue weighted by atomic mass is 14.8. The topological polar surface area (TPSA) is 129 Å². The second-order valence-electron chi connectivity index (χ2n) is 29.1. The largest absolute Gasteiger partial charge is 0.256 e. The highest BCUT2D eigenvalue weighted by Gasteiger charge is 2.17. The van der Waals surface area contributed by atoms with Crippen molar-refractivity contribution in [2.24, 2.45) is 0 Å². The van der Waals surface area contributed by atoms with Gasteiger partial charge in [-0.05, 0) is 150 Å². The van der Waals surface area contributed by atoms with Gasteiger partial charge in [0, 0.05) is 111 Å². The summed E-state index contributed by atoms with van der Waals surface area (Å²) in [5.74, 6) is 0. The van der Waals surface area contributed by atoms with E-state index in [1.165, 1.54) is 5.56 Å². The summed E-state index contributed by atoms with van der Waals surface area (Å²) >= 11 is 0. The maximum atomic E-state index is 5.22. The maximum absolute atomic E-state index is 5.22. The average molecular weight is 1480 g/mol. The predicted molar refractivity (Wildman–Crippen MR) is 476 cm³/mol. The lowest BCUT2D eigenvalue weighted by Crippen LogP contribution is -1.92. The van der Waals surface area contributed by atoms with Crippen LogP contribution in [-0.4, -0.2) is 49.8 Å². The van der Waals surface area contributed by atoms with Crippen LogP contribution < -0.4 is 0 Å². The minimum absolute atomic E-state index is 0.886. The molecule has 0 N–H and O–H groups in total. The highest BCUT2D eigenvalue weighted by Crippen LogP contribution is 2.39. The Kier molecular flexibility index (Phi) is 17.3. The molecule has 10 heterocycles. The van der Waals surface area contributed by atoms with Gasteiger partial charge >= 0.3 is 0 Å². The van der Waals surface area contributed by atoms with Gasteiger partial charge in [-0.25, -0.2) is 39.9 Å². The molecule has 0 radical (unpaired) electrons. The lowest BCUT2D eigenvalue weighted by Gasteiger charge is -2.11. The van der Waals surface area contributed by atoms with Crippen LogP contribution in [0.5, 0.6) is 0 Å². The number of rotatable bonds is 12. The van der Waals surface area contributed by atoms with Crippen molar-refractivity contribution in [1.82, 2.24) is 49.8 Å². The summed E-state index contributed by atoms with van der Waals surface area (Å²) in [6.45, 7) is 0. The van der Waals surface area contributed by atoms with Gasteiger partial charge in [-0.15, -0.1) is 0 Å². The van der Waals surface area contributed by atoms with Gasteiger partial charge in [-0.2, -0.15) is 0 Å². The Morgan fingerprint density at radius 2 is 0.353 bits per heavy atom. The summed E-state index contributed by atoms with van der Waals surface area (Å²) in [5, 5.41) is 8.59. The molecular weight excluding hydrogens is 1410 g/mol. The molecular formula is C106H66N10. The molecule has 0 spiro atoms. The third-order valence-corrected chi connectivity index (χ3v) is 21.7. The fraction of sp³-hybridized carbons (Fsp3) is 0. The number of fused-ring (bicyclic) bond motifs is 10. The maximum Gasteiger partial charge on any atom is 0.0972 e. The Labute approximate surface area is 668 Å². The van der Waals surface area contributed by atoms with E-state index in [2.05, 4.69) is 319 Å². The second-order valence-corrected chi connectivity index (χ2v) is 29.1. The first-order valence-electron chi connectivity index (χ1n) is 38.8. The molecule has 0 aliphatic rings. The first-order chi connectivity index (χ1) is 57.4. The van der Waals surface area contributed by atoms with Crippen molar-refractivity contribution in [3.8, 4) is 135 Å². The molecule has 10 heteroatoms. The zero-order valence-corrected chi connectivity index (χ0v) is 62.6. The molecule has 22 rings (SSSR count). The number of hydrogen-bond acceptors (Lipinski definition) is 10. The van der Waals surface area contributed by atoms with Crippen LogP contribution in [0.25, 0.3) is 222 Å². The molecule has 0 saturated heterocycles. The van der Waals surface area contributed by atoms with Crippen molar-refractivity contribution in [3.63, 3.8) is 0 Å². The van der Waals surface area contributed by atoms with Crippen molar-refractivity contribution in [3.05, 3.63) is 401 Å². The summed E-state index contributed by atoms with van der Waals surface area (Å²) in [5.41, 5.74) is 31.2. The van der Waals surface area contributed by atoms with E-state index in [0.717, 1.165) is 216 Å². The van der Waals surface area contributed by atoms with Gasteiger partial charge in [0.25, 0.3) is 0 Å². The summed E-state index contributed by atoms with van der Waals surface area (Å²) in [6.07, 6.45) is 3.66. The van der Waals surface area contributed by atoms with E-state index < -0.39 is 0 Å². The average Bonchev–Trinajstić information content (AvgIpc) is 0.778. The van der Waals surface area contributed by atoms with Crippen LogP contribution in [0.2, 0.25) is 0 Å². The van der Waals surface area contributed by atoms with Crippen LogP contribution >= 0.6 is 0 Å². The Morgan fingerprint density at radius 3 is 0.690 bits per heavy atom. The SMILES string of the molecule is c1ccc(-c2ccc3ccc(-c4ccc5ccc(-c6cccc(-c7ccc8ccc9ccc(-c%10ccccc%10)nc9c8n7)c6)nc5c4)nc3c2)cc1.c1ccc(-c2ccc3ccc4ccc(-c5cccc(-c6ccc7ccc(-c8ccc9ccc(-c%10cc(-c%11ccccn%11)cc(-c%11ccccn%11)c%10)cc9n8)cc7n6)c5)nc4c3n2)cc1. The van der Waals surface area contributed by atoms with Crippen LogP contribution in [0.4, 0.5) is 0 Å². The van der Waals surface area contributed by atoms with Crippen molar-refractivity contribution in [1.29, 1.82) is 0 Å². The Hall–Kier alpha value is -15.8. The molecule has 10 nitrogen and oxygen atoms in total. The molecule has 0 aliphatic carbocycles. The minimum atomic E-state index is 0.886. The summed E-state index contributed by atoms with van der Waals surface area (Å²) in [4.78, 5) is 50.6. The van der Waals surface area contributed by atoms with Gasteiger partial charge in [-0.1, -0.05) is 261 Å². The molecule has 0 fully saturated rings. The Balaban J connectivity index is 0.000000148. The van der Waals surface area contributed by atoms with E-state index in [0.29, 0.717) is 0 Å². The van der Waals surface area contributed by atoms with Crippen LogP contribution in [0.15, 0.2) is 401 Å². The standard InChI is InChI=1S/C58H36N6.C48H30N4/c1-2-9-37(10-3-1)51-27-23-40-17-18-41-24-28-54(64-58(41)57(40)63-51)44-12-8-11-43(31-44)52-25-21-39-16-20-45(36-56(39)61-52)53-26-22-38-15-19-42(35-55(38)62-53)46-32-47(49-13-4-6-29-59-49)34-48(33-46)50-14-5-7-30-60-50;1-3-8-31(9-4-1)37-18-14-33-21-25-43(50-45(33)29-37)40-19-15-34-20-24-42(49-46(34)30-40)38-12-7-13-39(28-38)44-27-23-36-17-16-35-22-26-41(32-10-5-2-6-11-32)51-47(35)48(36)52-44/h1-36H;1-30H. The lowest BCUT2D eigenvalue weighted by atomic mass is 9.96. The molecule has 0 amide bonds. The second kappa shape index (κ2) is 29.5. The van der Waals surface area contributed by atoms with E-state index in [1.807, 2.05) is 91.3 Å². The molecule has 10 aromatic heterocycles. The lowest BCUT2D eigenvalue weighted by molar-refractivity contribution is 1.31. The van der Waals surface area contributed by atoms with Crippen LogP contribution in [-0.2, 0) is 0 Å². The van der Waals surface area contributed by atoms with Crippen LogP contribution in [0, 0.1) is 0 Å². The van der Waals surface area contributed by atoms with E-state index in [9.17, 15) is 0 Å². The zero-order valence-electron chi connectivity index (χ0n) is 62.6. The van der Waals surface area contributed by atoms with Gasteiger partial charge in [0.2, 0.25) is 0 Å². The highest BCUT2D eigenvalue weighted by molar-refractivity contribution is 6.06. The van der Waals surface area contributed by atoms with Gasteiger partial charge in [0.05, 0.1) is 101 Å². The number of nitrogens with zero attached hydrogens (tertiary/aromatic N) is 10. The molecule has 12 aromatic carbocycles. The molecule has 0 aliphatic heterocycles. The first-order valence-corrected chi connectivity index (χ1v) is 38.8. The fourth-order valence-electron chi connectivity index (χ4n) is 15.6. The molecule has 0 unspecified atom stereocenters. The summed E-state index contributed by atoms with van der Waals surface area (Å²) in [7, 11) is 0. The molecule has 22 aromatic rings. The van der Waals surface area contributed by atoms with Gasteiger partial charge in [-0.3, -0.25) is 9.97 Å². The predicted octanol–water partition coefficient (Wildman–Crippen LogP) is 26.6. The van der Waals surface area contributed by atoms with Gasteiger partial charge in [0.1, 0.15) is 0 Å². The van der Waals surface area contributed by atoms with E-state index in [1.54, 1.807) is 0 Å². The minimum Gasteiger partial charge on any atom is -0.256 e. The summed E-state index contributed by atoms with van der Waals surface area (Å²) < 4.78 is 0. The van der Waals surface area contributed by atoms with Crippen LogP contribution in [0.1, 0.15) is 0 Å². The van der Waals surface area contributed by atoms with Crippen molar-refractivity contribution < 1.29 is 0 Å². The normalized spacial score (nSPS) is 11.4. The monoisotopic (exact) mass is 1480 g/mol. The zero-order chi connectivity index (χ0) is 76.8. The number of pyridine rings is 10. The smallest absolute Gasteiger partial charge is 0.0972 e. The summed E-state index contributed by atoms with van der Waals surface area (Å²) in [6, 6.07) is 135. The van der Waals surface area contributed by atoms with Crippen LogP contribution in [0.3, 0.4) is 0 Å². The van der Waals surface area contributed by atoms with E-state index >= 15 is 0 Å². The Bertz CT molecular complexity index is 7520. The van der Waals surface area contributed by atoms with Crippen molar-refractivity contribution in [2.45, 2.75) is 0 Å². The fourth-order valence-corrected chi connectivity index (χ4v) is 15.6. The number of hydrogen-bond donors (Lipinski definition) is 0. The third kappa shape index (κ3) is 13.5. The van der Waals surface area contributed by atoms with Crippen molar-refractivity contribution in [2.75, 3.05) is 0 Å². The van der Waals surface area contributed by atoms with Gasteiger partial charge in [0.15, 0.2) is 0 Å². The number of benzene rings is 12. The van der Waals surface area contributed by atoms with Gasteiger partial charge < -0.3 is 0 Å². The molecule has 0 bridgehead atoms. The Morgan fingerprint density at radius 1 is 0.121 bits per heavy atom. The first kappa shape index (κ1) is 68.3. The van der Waals surface area contributed by atoms with E-state index in [4.69, 9.17) is 39.9 Å². The van der Waals surface area contributed by atoms with Crippen molar-refractivity contribution >= 4 is 87.2 Å². The third-order valence-electron chi connectivity index (χ3n) is 21.7. The molecule has 0 atom stereocenters. The molecule has 0 saturated carbocycles. The van der Waals surface area contributed by atoms with E-state index in [-0.39, 0.29) is 0 Å². The number of aromatic nitrogens is 10. The molecule has 116 heavy (non-hydrogen) atoms. The molecule has 540 valence electrons. The quantitative estimate of drug-likeness (QED) is 0.109.